The quantitative estimate of drug-likeness (QED) is 0.615. The average molecular weight is 277 g/mol. The molecule has 1 atom stereocenters. The minimum absolute atomic E-state index is 0.0425. The van der Waals surface area contributed by atoms with E-state index in [1.165, 1.54) is 21.8 Å². The van der Waals surface area contributed by atoms with Gasteiger partial charge in [0.1, 0.15) is 0 Å². The Morgan fingerprint density at radius 1 is 0.850 bits per heavy atom. The molecule has 0 radical (unpaired) electrons. The predicted octanol–water partition coefficient (Wildman–Crippen LogP) is 4.85. The minimum atomic E-state index is -0.0425. The zero-order valence-electron chi connectivity index (χ0n) is 11.3. The second-order valence-electron chi connectivity index (χ2n) is 5.23. The molecule has 1 aliphatic rings. The van der Waals surface area contributed by atoms with Gasteiger partial charge >= 0.3 is 0 Å². The summed E-state index contributed by atoms with van der Waals surface area (Å²) < 4.78 is 2.28. The molecule has 2 aromatic carbocycles. The van der Waals surface area contributed by atoms with Gasteiger partial charge < -0.3 is 4.57 Å². The van der Waals surface area contributed by atoms with Crippen molar-refractivity contribution in [1.29, 1.82) is 0 Å². The SMILES string of the molecule is CC1(c2ccccc2)Sc2ccccc2-n2cccc21. The summed E-state index contributed by atoms with van der Waals surface area (Å²) in [4.78, 5) is 1.34. The molecule has 1 unspecified atom stereocenters. The maximum Gasteiger partial charge on any atom is 0.0831 e. The Morgan fingerprint density at radius 2 is 1.60 bits per heavy atom. The fourth-order valence-corrected chi connectivity index (χ4v) is 4.34. The van der Waals surface area contributed by atoms with Crippen LogP contribution in [0.1, 0.15) is 18.2 Å². The fraction of sp³-hybridized carbons (Fsp3) is 0.111. The Bertz CT molecular complexity index is 760. The third-order valence-electron chi connectivity index (χ3n) is 4.00. The smallest absolute Gasteiger partial charge is 0.0831 e. The molecule has 0 saturated heterocycles. The number of para-hydroxylation sites is 1. The van der Waals surface area contributed by atoms with E-state index in [1.807, 2.05) is 11.8 Å². The van der Waals surface area contributed by atoms with E-state index in [0.717, 1.165) is 0 Å². The molecule has 4 rings (SSSR count). The van der Waals surface area contributed by atoms with Gasteiger partial charge in [0.05, 0.1) is 10.4 Å². The lowest BCUT2D eigenvalue weighted by Gasteiger charge is -2.36. The molecule has 2 heteroatoms. The summed E-state index contributed by atoms with van der Waals surface area (Å²) in [5, 5.41) is 0. The van der Waals surface area contributed by atoms with Gasteiger partial charge in [-0.3, -0.25) is 0 Å². The van der Waals surface area contributed by atoms with Crippen molar-refractivity contribution in [1.82, 2.24) is 4.57 Å². The molecular formula is C18H15NS. The molecule has 0 fully saturated rings. The van der Waals surface area contributed by atoms with Crippen LogP contribution in [0.5, 0.6) is 0 Å². The second-order valence-corrected chi connectivity index (χ2v) is 6.69. The Labute approximate surface area is 123 Å². The van der Waals surface area contributed by atoms with Crippen LogP contribution >= 0.6 is 11.8 Å². The maximum absolute atomic E-state index is 2.32. The Morgan fingerprint density at radius 3 is 2.45 bits per heavy atom. The van der Waals surface area contributed by atoms with Crippen molar-refractivity contribution in [3.8, 4) is 5.69 Å². The van der Waals surface area contributed by atoms with Crippen LogP contribution in [0.4, 0.5) is 0 Å². The Hall–Kier alpha value is -1.93. The highest BCUT2D eigenvalue weighted by Gasteiger charge is 2.37. The molecule has 2 heterocycles. The molecule has 0 spiro atoms. The number of nitrogens with zero attached hydrogens (tertiary/aromatic N) is 1. The summed E-state index contributed by atoms with van der Waals surface area (Å²) in [6, 6.07) is 23.8. The lowest BCUT2D eigenvalue weighted by molar-refractivity contribution is 0.744. The van der Waals surface area contributed by atoms with Crippen molar-refractivity contribution < 1.29 is 0 Å². The molecule has 1 nitrogen and oxygen atoms in total. The normalized spacial score (nSPS) is 20.2. The van der Waals surface area contributed by atoms with Crippen molar-refractivity contribution >= 4 is 11.8 Å². The first-order valence-corrected chi connectivity index (χ1v) is 7.62. The Balaban J connectivity index is 1.98. The van der Waals surface area contributed by atoms with Crippen LogP contribution in [0.25, 0.3) is 5.69 Å². The van der Waals surface area contributed by atoms with Gasteiger partial charge in [-0.25, -0.2) is 0 Å². The lowest BCUT2D eigenvalue weighted by atomic mass is 9.96. The molecule has 0 N–H and O–H groups in total. The second kappa shape index (κ2) is 4.29. The van der Waals surface area contributed by atoms with Gasteiger partial charge in [0.15, 0.2) is 0 Å². The number of hydrogen-bond donors (Lipinski definition) is 0. The first kappa shape index (κ1) is 11.9. The van der Waals surface area contributed by atoms with Crippen LogP contribution in [0.2, 0.25) is 0 Å². The number of aromatic nitrogens is 1. The highest BCUT2D eigenvalue weighted by atomic mass is 32.2. The number of rotatable bonds is 1. The molecule has 20 heavy (non-hydrogen) atoms. The van der Waals surface area contributed by atoms with Crippen molar-refractivity contribution in [2.45, 2.75) is 16.6 Å². The summed E-state index contributed by atoms with van der Waals surface area (Å²) in [5.74, 6) is 0. The number of benzene rings is 2. The third kappa shape index (κ3) is 1.58. The molecule has 3 aromatic rings. The van der Waals surface area contributed by atoms with Crippen molar-refractivity contribution in [2.75, 3.05) is 0 Å². The molecule has 0 bridgehead atoms. The summed E-state index contributed by atoms with van der Waals surface area (Å²) >= 11 is 1.94. The van der Waals surface area contributed by atoms with E-state index in [2.05, 4.69) is 84.4 Å². The van der Waals surface area contributed by atoms with Crippen LogP contribution < -0.4 is 0 Å². The summed E-state index contributed by atoms with van der Waals surface area (Å²) in [6.07, 6.45) is 2.16. The van der Waals surface area contributed by atoms with Gasteiger partial charge in [-0.05, 0) is 36.8 Å². The minimum Gasteiger partial charge on any atom is -0.318 e. The standard InChI is InChI=1S/C18H15NS/c1-18(14-8-3-2-4-9-14)17-12-7-13-19(17)15-10-5-6-11-16(15)20-18/h2-13H,1H3. The predicted molar refractivity (Wildman–Crippen MR) is 84.5 cm³/mol. The maximum atomic E-state index is 2.32. The first-order chi connectivity index (χ1) is 9.79. The van der Waals surface area contributed by atoms with Gasteiger partial charge in [0, 0.05) is 16.8 Å². The van der Waals surface area contributed by atoms with E-state index in [-0.39, 0.29) is 4.75 Å². The van der Waals surface area contributed by atoms with Gasteiger partial charge in [-0.2, -0.15) is 0 Å². The molecular weight excluding hydrogens is 262 g/mol. The van der Waals surface area contributed by atoms with Crippen LogP contribution in [-0.4, -0.2) is 4.57 Å². The summed E-state index contributed by atoms with van der Waals surface area (Å²) in [6.45, 7) is 2.31. The largest absolute Gasteiger partial charge is 0.318 e. The lowest BCUT2D eigenvalue weighted by Crippen LogP contribution is -2.26. The zero-order chi connectivity index (χ0) is 13.6. The van der Waals surface area contributed by atoms with Crippen molar-refractivity contribution in [3.63, 3.8) is 0 Å². The van der Waals surface area contributed by atoms with E-state index in [9.17, 15) is 0 Å². The van der Waals surface area contributed by atoms with Gasteiger partial charge in [0.25, 0.3) is 0 Å². The van der Waals surface area contributed by atoms with Crippen LogP contribution in [0.15, 0.2) is 77.8 Å². The van der Waals surface area contributed by atoms with Gasteiger partial charge in [-0.15, -0.1) is 11.8 Å². The number of thioether (sulfide) groups is 1. The van der Waals surface area contributed by atoms with Gasteiger partial charge in [-0.1, -0.05) is 42.5 Å². The van der Waals surface area contributed by atoms with E-state index in [0.29, 0.717) is 0 Å². The van der Waals surface area contributed by atoms with Crippen molar-refractivity contribution in [2.24, 2.45) is 0 Å². The van der Waals surface area contributed by atoms with Gasteiger partial charge in [0.2, 0.25) is 0 Å². The molecule has 98 valence electrons. The number of fused-ring (bicyclic) bond motifs is 3. The highest BCUT2D eigenvalue weighted by Crippen LogP contribution is 2.51. The molecule has 1 aromatic heterocycles. The average Bonchev–Trinajstić information content (AvgIpc) is 2.99. The monoisotopic (exact) mass is 277 g/mol. The molecule has 0 amide bonds. The van der Waals surface area contributed by atoms with Crippen LogP contribution in [-0.2, 0) is 4.75 Å². The van der Waals surface area contributed by atoms with Crippen LogP contribution in [0.3, 0.4) is 0 Å². The zero-order valence-corrected chi connectivity index (χ0v) is 12.1. The van der Waals surface area contributed by atoms with Crippen molar-refractivity contribution in [3.05, 3.63) is 84.2 Å². The number of hydrogen-bond acceptors (Lipinski definition) is 1. The summed E-state index contributed by atoms with van der Waals surface area (Å²) in [5.41, 5.74) is 3.97. The topological polar surface area (TPSA) is 4.93 Å². The van der Waals surface area contributed by atoms with E-state index in [1.54, 1.807) is 0 Å². The molecule has 0 saturated carbocycles. The Kier molecular flexibility index (Phi) is 2.54. The fourth-order valence-electron chi connectivity index (χ4n) is 2.96. The van der Waals surface area contributed by atoms with E-state index in [4.69, 9.17) is 0 Å². The van der Waals surface area contributed by atoms with E-state index >= 15 is 0 Å². The first-order valence-electron chi connectivity index (χ1n) is 6.81. The highest BCUT2D eigenvalue weighted by molar-refractivity contribution is 8.00. The molecule has 1 aliphatic heterocycles. The van der Waals surface area contributed by atoms with Crippen LogP contribution in [0, 0.1) is 0 Å². The third-order valence-corrected chi connectivity index (χ3v) is 5.42. The molecule has 0 aliphatic carbocycles. The summed E-state index contributed by atoms with van der Waals surface area (Å²) in [7, 11) is 0. The van der Waals surface area contributed by atoms with E-state index < -0.39 is 0 Å².